The molecule has 0 aliphatic heterocycles. The quantitative estimate of drug-likeness (QED) is 0.353. The van der Waals surface area contributed by atoms with Crippen LogP contribution in [-0.4, -0.2) is 12.4 Å². The fraction of sp³-hybridized carbons (Fsp3) is 0.444. The molecule has 6 heteroatoms. The molecule has 0 aromatic heterocycles. The Balaban J connectivity index is 0. The number of allylic oxidation sites excluding steroid dienone is 4. The van der Waals surface area contributed by atoms with Crippen molar-refractivity contribution in [2.75, 3.05) is 0 Å². The van der Waals surface area contributed by atoms with Crippen molar-refractivity contribution in [2.45, 2.75) is 26.4 Å². The summed E-state index contributed by atoms with van der Waals surface area (Å²) in [6.07, 6.45) is 6.60. The van der Waals surface area contributed by atoms with E-state index in [1.807, 2.05) is 0 Å². The Morgan fingerprint density at radius 2 is 2.07 bits per heavy atom. The SMILES string of the molecule is CC1=CC[C]([Hf+2]([NH]C=O)[SiH](C)C)=C1.[Cl-].[Cl-]. The maximum Gasteiger partial charge on any atom is -1.00 e. The summed E-state index contributed by atoms with van der Waals surface area (Å²) < 4.78 is 4.73. The van der Waals surface area contributed by atoms with Gasteiger partial charge >= 0.3 is 88.9 Å². The van der Waals surface area contributed by atoms with Gasteiger partial charge < -0.3 is 24.8 Å². The van der Waals surface area contributed by atoms with Crippen molar-refractivity contribution in [3.63, 3.8) is 0 Å². The van der Waals surface area contributed by atoms with E-state index in [-0.39, 0.29) is 24.8 Å². The second kappa shape index (κ2) is 8.73. The summed E-state index contributed by atoms with van der Waals surface area (Å²) >= 11 is -1.82. The maximum atomic E-state index is 10.5. The zero-order valence-electron chi connectivity index (χ0n) is 9.18. The molecule has 0 heterocycles. The number of rotatable bonds is 4. The predicted octanol–water partition coefficient (Wildman–Crippen LogP) is -4.51. The fourth-order valence-corrected chi connectivity index (χ4v) is 20.1. The van der Waals surface area contributed by atoms with Crippen LogP contribution in [0.15, 0.2) is 21.1 Å². The van der Waals surface area contributed by atoms with Crippen molar-refractivity contribution in [2.24, 2.45) is 0 Å². The Bertz CT molecular complexity index is 269. The molecule has 15 heavy (non-hydrogen) atoms. The normalized spacial score (nSPS) is 13.3. The molecule has 0 spiro atoms. The molecule has 0 aromatic rings. The molecule has 1 rings (SSSR count). The second-order valence-corrected chi connectivity index (χ2v) is 29.4. The molecule has 1 aliphatic carbocycles. The third-order valence-electron chi connectivity index (χ3n) is 2.18. The number of hydrogen-bond donors (Lipinski definition) is 1. The summed E-state index contributed by atoms with van der Waals surface area (Å²) in [7, 11) is 0. The van der Waals surface area contributed by atoms with Crippen LogP contribution in [-0.2, 0) is 25.7 Å². The Kier molecular flexibility index (Phi) is 10.5. The molecule has 0 atom stereocenters. The van der Waals surface area contributed by atoms with Gasteiger partial charge in [0, 0.05) is 0 Å². The molecular formula is C9H16Cl2HfNOSi. The van der Waals surface area contributed by atoms with Crippen molar-refractivity contribution in [1.29, 1.82) is 0 Å². The van der Waals surface area contributed by atoms with Gasteiger partial charge in [0.15, 0.2) is 0 Å². The van der Waals surface area contributed by atoms with Gasteiger partial charge in [-0.3, -0.25) is 0 Å². The van der Waals surface area contributed by atoms with Gasteiger partial charge in [-0.1, -0.05) is 0 Å². The van der Waals surface area contributed by atoms with Gasteiger partial charge in [-0.2, -0.15) is 0 Å². The summed E-state index contributed by atoms with van der Waals surface area (Å²) in [5.41, 5.74) is 1.37. The molecule has 0 fully saturated rings. The number of amides is 1. The van der Waals surface area contributed by atoms with Gasteiger partial charge in [0.2, 0.25) is 0 Å². The van der Waals surface area contributed by atoms with E-state index >= 15 is 0 Å². The van der Waals surface area contributed by atoms with E-state index in [0.717, 1.165) is 12.8 Å². The molecule has 0 bridgehead atoms. The molecule has 1 amide bonds. The van der Waals surface area contributed by atoms with Crippen LogP contribution in [0.5, 0.6) is 0 Å². The number of carbonyl (C=O) groups is 1. The fourth-order valence-electron chi connectivity index (χ4n) is 1.54. The molecule has 0 unspecified atom stereocenters. The van der Waals surface area contributed by atoms with Crippen LogP contribution in [0.1, 0.15) is 13.3 Å². The minimum atomic E-state index is -1.82. The zero-order chi connectivity index (χ0) is 9.84. The minimum Gasteiger partial charge on any atom is -1.00 e. The minimum absolute atomic E-state index is 0. The first-order chi connectivity index (χ1) is 6.15. The molecule has 0 radical (unpaired) electrons. The Hall–Kier alpha value is 0.617. The van der Waals surface area contributed by atoms with E-state index in [2.05, 4.69) is 35.5 Å². The first-order valence-corrected chi connectivity index (χ1v) is 17.3. The van der Waals surface area contributed by atoms with Crippen LogP contribution in [0.3, 0.4) is 0 Å². The Morgan fingerprint density at radius 1 is 1.47 bits per heavy atom. The molecule has 85 valence electrons. The van der Waals surface area contributed by atoms with Crippen LogP contribution >= 0.6 is 0 Å². The van der Waals surface area contributed by atoms with Gasteiger partial charge in [0.25, 0.3) is 0 Å². The smallest absolute Gasteiger partial charge is 1.00 e. The molecule has 0 saturated heterocycles. The van der Waals surface area contributed by atoms with E-state index < -0.39 is 26.9 Å². The van der Waals surface area contributed by atoms with Crippen LogP contribution in [0.25, 0.3) is 0 Å². The number of carbonyl (C=O) groups excluding carboxylic acids is 1. The number of halogens is 2. The molecule has 1 N–H and O–H groups in total. The standard InChI is InChI=1S/C6H7.C2H7Si.CH3NO.2ClH.Hf/c1-6-4-2-3-5-6;1-3-2;2-1-3;;;/h4-5H,2H2,1H3;3H,1-2H3;1H,(H2,2,3);2*1H;/q;;;;;+3/p-3. The summed E-state index contributed by atoms with van der Waals surface area (Å²) in [5.74, 6) is -0.615. The van der Waals surface area contributed by atoms with Gasteiger partial charge in [-0.25, -0.2) is 0 Å². The van der Waals surface area contributed by atoms with E-state index in [1.165, 1.54) is 5.57 Å². The van der Waals surface area contributed by atoms with Gasteiger partial charge in [0.1, 0.15) is 0 Å². The third kappa shape index (κ3) is 5.47. The maximum absolute atomic E-state index is 10.5. The van der Waals surface area contributed by atoms with Crippen LogP contribution in [0.4, 0.5) is 0 Å². The van der Waals surface area contributed by atoms with Crippen molar-refractivity contribution >= 4 is 12.4 Å². The van der Waals surface area contributed by atoms with Crippen LogP contribution in [0.2, 0.25) is 13.1 Å². The van der Waals surface area contributed by atoms with Crippen molar-refractivity contribution in [3.05, 3.63) is 21.1 Å². The number of nitrogens with one attached hydrogen (secondary N) is 1. The molecule has 0 saturated carbocycles. The first kappa shape index (κ1) is 18.0. The Labute approximate surface area is 113 Å². The Morgan fingerprint density at radius 3 is 2.40 bits per heavy atom. The molecule has 1 aliphatic rings. The predicted molar refractivity (Wildman–Crippen MR) is 54.5 cm³/mol. The summed E-state index contributed by atoms with van der Waals surface area (Å²) in [6, 6.07) is 0. The van der Waals surface area contributed by atoms with Crippen LogP contribution in [0, 0.1) is 0 Å². The topological polar surface area (TPSA) is 29.1 Å². The van der Waals surface area contributed by atoms with Crippen molar-refractivity contribution < 1.29 is 50.5 Å². The molecular weight excluding hydrogens is 416 g/mol. The summed E-state index contributed by atoms with van der Waals surface area (Å²) in [4.78, 5) is 10.5. The van der Waals surface area contributed by atoms with E-state index in [0.29, 0.717) is 0 Å². The van der Waals surface area contributed by atoms with Crippen LogP contribution < -0.4 is 28.1 Å². The van der Waals surface area contributed by atoms with E-state index in [1.54, 1.807) is 3.33 Å². The average molecular weight is 432 g/mol. The molecule has 0 aromatic carbocycles. The summed E-state index contributed by atoms with van der Waals surface area (Å²) in [5, 5.41) is 0. The van der Waals surface area contributed by atoms with Gasteiger partial charge in [-0.15, -0.1) is 0 Å². The van der Waals surface area contributed by atoms with E-state index in [9.17, 15) is 4.79 Å². The second-order valence-electron chi connectivity index (χ2n) is 3.65. The van der Waals surface area contributed by atoms with Crippen molar-refractivity contribution in [1.82, 2.24) is 3.30 Å². The number of hydrogen-bond acceptors (Lipinski definition) is 1. The van der Waals surface area contributed by atoms with E-state index in [4.69, 9.17) is 0 Å². The molecule has 2 nitrogen and oxygen atoms in total. The zero-order valence-corrected chi connectivity index (χ0v) is 15.4. The third-order valence-corrected chi connectivity index (χ3v) is 25.5. The van der Waals surface area contributed by atoms with Gasteiger partial charge in [0.05, 0.1) is 0 Å². The first-order valence-electron chi connectivity index (χ1n) is 4.60. The average Bonchev–Trinajstić information content (AvgIpc) is 2.46. The van der Waals surface area contributed by atoms with Crippen molar-refractivity contribution in [3.8, 4) is 0 Å². The van der Waals surface area contributed by atoms with Gasteiger partial charge in [-0.05, 0) is 0 Å². The summed E-state index contributed by atoms with van der Waals surface area (Å²) in [6.45, 7) is 6.85. The monoisotopic (exact) mass is 432 g/mol. The largest absolute Gasteiger partial charge is 1.00 e.